The first-order valence-corrected chi connectivity index (χ1v) is 18.8. The van der Waals surface area contributed by atoms with Gasteiger partial charge in [0.1, 0.15) is 12.6 Å². The Morgan fingerprint density at radius 3 is 1.63 bits per heavy atom. The first kappa shape index (κ1) is 43.4. The molecular weight excluding hydrogens is 574 g/mol. The molecule has 0 aliphatic rings. The van der Waals surface area contributed by atoms with Crippen LogP contribution in [0.4, 0.5) is 0 Å². The van der Waals surface area contributed by atoms with Crippen molar-refractivity contribution in [2.75, 3.05) is 6.54 Å². The quantitative estimate of drug-likeness (QED) is 0.0422. The van der Waals surface area contributed by atoms with Crippen molar-refractivity contribution in [1.29, 1.82) is 0 Å². The molecule has 0 aliphatic heterocycles. The number of unbranched alkanes of at least 4 members (excludes halogenated alkanes) is 16. The third-order valence-corrected chi connectivity index (χ3v) is 7.96. The number of carbonyl (C=O) groups excluding carboxylic acids is 2. The third-order valence-electron chi connectivity index (χ3n) is 7.96. The van der Waals surface area contributed by atoms with E-state index in [1.807, 2.05) is 0 Å². The van der Waals surface area contributed by atoms with Crippen LogP contribution in [0.3, 0.4) is 0 Å². The summed E-state index contributed by atoms with van der Waals surface area (Å²) in [5.74, 6) is -1.31. The molecule has 6 heteroatoms. The largest absolute Gasteiger partial charge is 0.480 e. The third kappa shape index (κ3) is 34.2. The molecule has 0 saturated heterocycles. The van der Waals surface area contributed by atoms with Crippen molar-refractivity contribution in [3.63, 3.8) is 0 Å². The number of hydrogen-bond donors (Lipinski definition) is 2. The van der Waals surface area contributed by atoms with E-state index in [2.05, 4.69) is 67.8 Å². The van der Waals surface area contributed by atoms with Gasteiger partial charge in [0.25, 0.3) is 0 Å². The van der Waals surface area contributed by atoms with Gasteiger partial charge in [0.15, 0.2) is 0 Å². The maximum atomic E-state index is 12.6. The van der Waals surface area contributed by atoms with E-state index < -0.39 is 5.97 Å². The van der Waals surface area contributed by atoms with Gasteiger partial charge in [-0.15, -0.1) is 0 Å². The van der Waals surface area contributed by atoms with Crippen LogP contribution < -0.4 is 5.32 Å². The maximum Gasteiger partial charge on any atom is 0.322 e. The summed E-state index contributed by atoms with van der Waals surface area (Å²) in [6.07, 6.45) is 43.8. The second kappa shape index (κ2) is 35.2. The van der Waals surface area contributed by atoms with Crippen molar-refractivity contribution in [1.82, 2.24) is 5.32 Å². The first-order chi connectivity index (χ1) is 22.5. The lowest BCUT2D eigenvalue weighted by Gasteiger charge is -2.14. The molecule has 1 amide bonds. The molecular formula is C40H69NO5. The molecule has 0 heterocycles. The second-order valence-electron chi connectivity index (χ2n) is 12.5. The number of esters is 1. The van der Waals surface area contributed by atoms with Gasteiger partial charge < -0.3 is 15.2 Å². The van der Waals surface area contributed by atoms with Crippen LogP contribution in [0.5, 0.6) is 0 Å². The highest BCUT2D eigenvalue weighted by Crippen LogP contribution is 2.15. The molecule has 0 rings (SSSR count). The fraction of sp³-hybridized carbons (Fsp3) is 0.725. The van der Waals surface area contributed by atoms with Crippen molar-refractivity contribution in [2.24, 2.45) is 0 Å². The minimum atomic E-state index is -1.02. The normalized spacial score (nSPS) is 12.6. The lowest BCUT2D eigenvalue weighted by atomic mass is 10.1. The van der Waals surface area contributed by atoms with Crippen LogP contribution in [0.1, 0.15) is 174 Å². The Bertz CT molecular complexity index is 845. The highest BCUT2D eigenvalue weighted by Gasteiger charge is 2.11. The minimum absolute atomic E-state index is 0.0865. The molecule has 0 bridgehead atoms. The highest BCUT2D eigenvalue weighted by atomic mass is 16.5. The molecule has 0 aromatic rings. The summed E-state index contributed by atoms with van der Waals surface area (Å²) in [5.41, 5.74) is 0. The molecule has 46 heavy (non-hydrogen) atoms. The van der Waals surface area contributed by atoms with Gasteiger partial charge in [-0.3, -0.25) is 14.4 Å². The van der Waals surface area contributed by atoms with Crippen LogP contribution in [-0.4, -0.2) is 35.6 Å². The van der Waals surface area contributed by atoms with Crippen molar-refractivity contribution < 1.29 is 24.2 Å². The topological polar surface area (TPSA) is 92.7 Å². The molecule has 0 saturated carbocycles. The van der Waals surface area contributed by atoms with Gasteiger partial charge >= 0.3 is 11.9 Å². The van der Waals surface area contributed by atoms with E-state index in [1.165, 1.54) is 64.2 Å². The molecule has 0 fully saturated rings. The minimum Gasteiger partial charge on any atom is -0.480 e. The zero-order valence-corrected chi connectivity index (χ0v) is 29.7. The molecule has 0 spiro atoms. The predicted octanol–water partition coefficient (Wildman–Crippen LogP) is 11.1. The van der Waals surface area contributed by atoms with E-state index in [1.54, 1.807) is 0 Å². The first-order valence-electron chi connectivity index (χ1n) is 18.8. The smallest absolute Gasteiger partial charge is 0.322 e. The predicted molar refractivity (Wildman–Crippen MR) is 194 cm³/mol. The summed E-state index contributed by atoms with van der Waals surface area (Å²) in [6, 6.07) is 0. The molecule has 0 aliphatic carbocycles. The van der Waals surface area contributed by atoms with Crippen molar-refractivity contribution in [2.45, 2.75) is 180 Å². The van der Waals surface area contributed by atoms with Crippen LogP contribution in [0.15, 0.2) is 48.6 Å². The van der Waals surface area contributed by atoms with Crippen molar-refractivity contribution in [3.8, 4) is 0 Å². The number of hydrogen-bond acceptors (Lipinski definition) is 4. The fourth-order valence-corrected chi connectivity index (χ4v) is 5.14. The van der Waals surface area contributed by atoms with Crippen LogP contribution in [0, 0.1) is 0 Å². The Labute approximate surface area is 282 Å². The number of nitrogens with one attached hydrogen (secondary N) is 1. The van der Waals surface area contributed by atoms with Gasteiger partial charge in [-0.25, -0.2) is 0 Å². The number of allylic oxidation sites excluding steroid dienone is 7. The van der Waals surface area contributed by atoms with E-state index in [-0.39, 0.29) is 24.5 Å². The zero-order chi connectivity index (χ0) is 33.8. The van der Waals surface area contributed by atoms with Gasteiger partial charge in [-0.1, -0.05) is 127 Å². The summed E-state index contributed by atoms with van der Waals surface area (Å²) < 4.78 is 5.89. The summed E-state index contributed by atoms with van der Waals surface area (Å²) in [4.78, 5) is 34.7. The fourth-order valence-electron chi connectivity index (χ4n) is 5.14. The average Bonchev–Trinajstić information content (AvgIpc) is 3.04. The van der Waals surface area contributed by atoms with Crippen LogP contribution >= 0.6 is 0 Å². The maximum absolute atomic E-state index is 12.6. The molecule has 1 atom stereocenters. The number of carboxylic acid groups (broad SMARTS) is 1. The van der Waals surface area contributed by atoms with E-state index in [9.17, 15) is 14.4 Å². The van der Waals surface area contributed by atoms with Gasteiger partial charge in [-0.05, 0) is 83.1 Å². The average molecular weight is 644 g/mol. The van der Waals surface area contributed by atoms with Crippen LogP contribution in [-0.2, 0) is 19.1 Å². The van der Waals surface area contributed by atoms with Gasteiger partial charge in [-0.2, -0.15) is 0 Å². The van der Waals surface area contributed by atoms with Gasteiger partial charge in [0.2, 0.25) is 5.91 Å². The van der Waals surface area contributed by atoms with Crippen molar-refractivity contribution >= 4 is 17.8 Å². The Balaban J connectivity index is 4.21. The molecule has 6 nitrogen and oxygen atoms in total. The number of amides is 1. The Morgan fingerprint density at radius 1 is 0.587 bits per heavy atom. The molecule has 0 aromatic heterocycles. The van der Waals surface area contributed by atoms with Crippen LogP contribution in [0.2, 0.25) is 0 Å². The van der Waals surface area contributed by atoms with E-state index >= 15 is 0 Å². The van der Waals surface area contributed by atoms with Gasteiger partial charge in [0.05, 0.1) is 0 Å². The number of ether oxygens (including phenoxy) is 1. The van der Waals surface area contributed by atoms with Crippen molar-refractivity contribution in [3.05, 3.63) is 48.6 Å². The lowest BCUT2D eigenvalue weighted by Crippen LogP contribution is -2.28. The Hall–Kier alpha value is -2.63. The molecule has 2 N–H and O–H groups in total. The zero-order valence-electron chi connectivity index (χ0n) is 29.7. The number of carbonyl (C=O) groups is 3. The number of aliphatic carboxylic acids is 1. The standard InChI is InChI=1S/C40H69NO5/c1-3-5-7-9-11-13-14-15-16-17-18-19-21-27-31-35-40(45)46-37(32-28-24-20-12-10-8-6-4-2)33-29-25-22-23-26-30-34-38(42)41-36-39(43)44/h11-13,15-16,20,28,32,37H,3-10,14,17-19,21-27,29-31,33-36H2,1-2H3,(H,41,42)(H,43,44)/b13-11-,16-15-,20-12-,32-28-. The lowest BCUT2D eigenvalue weighted by molar-refractivity contribution is -0.147. The van der Waals surface area contributed by atoms with Gasteiger partial charge in [0, 0.05) is 12.8 Å². The Morgan fingerprint density at radius 2 is 1.07 bits per heavy atom. The monoisotopic (exact) mass is 644 g/mol. The highest BCUT2D eigenvalue weighted by molar-refractivity contribution is 5.80. The second-order valence-corrected chi connectivity index (χ2v) is 12.5. The SMILES string of the molecule is CCCCC/C=C\C/C=C\CCCCCCCC(=O)OC(/C=C\C/C=C\CCCCC)CCCCCCCCC(=O)NCC(=O)O. The molecule has 0 radical (unpaired) electrons. The number of carboxylic acids is 1. The van der Waals surface area contributed by atoms with Crippen LogP contribution in [0.25, 0.3) is 0 Å². The Kier molecular flexibility index (Phi) is 33.2. The molecule has 264 valence electrons. The molecule has 0 aromatic carbocycles. The summed E-state index contributed by atoms with van der Waals surface area (Å²) in [7, 11) is 0. The summed E-state index contributed by atoms with van der Waals surface area (Å²) in [6.45, 7) is 4.14. The van der Waals surface area contributed by atoms with E-state index in [0.29, 0.717) is 12.8 Å². The van der Waals surface area contributed by atoms with E-state index in [0.717, 1.165) is 83.5 Å². The summed E-state index contributed by atoms with van der Waals surface area (Å²) in [5, 5.41) is 11.0. The summed E-state index contributed by atoms with van der Waals surface area (Å²) >= 11 is 0. The molecule has 1 unspecified atom stereocenters. The number of rotatable bonds is 33. The van der Waals surface area contributed by atoms with E-state index in [4.69, 9.17) is 9.84 Å².